The fraction of sp³-hybridized carbons (Fsp3) is 0.100. The summed E-state index contributed by atoms with van der Waals surface area (Å²) in [6, 6.07) is 2.93. The summed E-state index contributed by atoms with van der Waals surface area (Å²) in [6.07, 6.45) is 2.89. The van der Waals surface area contributed by atoms with Crippen LogP contribution in [-0.2, 0) is 9.53 Å². The van der Waals surface area contributed by atoms with E-state index in [2.05, 4.69) is 16.3 Å². The summed E-state index contributed by atoms with van der Waals surface area (Å²) in [4.78, 5) is 25.9. The molecular weight excluding hydrogens is 206 g/mol. The zero-order valence-electron chi connectivity index (χ0n) is 10.4. The van der Waals surface area contributed by atoms with Gasteiger partial charge in [0.15, 0.2) is 0 Å². The second-order valence-electron chi connectivity index (χ2n) is 2.69. The number of aromatic nitrogens is 1. The number of carbonyl (C=O) groups is 2. The molecule has 0 radical (unpaired) electrons. The van der Waals surface area contributed by atoms with Crippen molar-refractivity contribution in [3.8, 4) is 0 Å². The van der Waals surface area contributed by atoms with Crippen molar-refractivity contribution in [2.75, 3.05) is 0 Å². The minimum absolute atomic E-state index is 0. The Kier molecular flexibility index (Phi) is 5.81. The summed E-state index contributed by atoms with van der Waals surface area (Å²) in [7, 11) is 0. The van der Waals surface area contributed by atoms with E-state index in [0.29, 0.717) is 0 Å². The Morgan fingerprint density at radius 2 is 1.93 bits per heavy atom. The molecule has 0 spiro atoms. The van der Waals surface area contributed by atoms with E-state index in [1.54, 1.807) is 0 Å². The van der Waals surface area contributed by atoms with E-state index in [1.807, 2.05) is 0 Å². The first-order chi connectivity index (χ1) is 6.61. The number of pyridine rings is 1. The Labute approximate surface area is 106 Å². The van der Waals surface area contributed by atoms with Crippen LogP contribution in [-0.4, -0.2) is 40.0 Å². The van der Waals surface area contributed by atoms with Gasteiger partial charge in [0.1, 0.15) is 0 Å². The van der Waals surface area contributed by atoms with Crippen LogP contribution < -0.4 is 0 Å². The van der Waals surface area contributed by atoms with Crippen molar-refractivity contribution in [1.82, 2.24) is 4.98 Å². The molecule has 0 aliphatic heterocycles. The van der Waals surface area contributed by atoms with Crippen molar-refractivity contribution in [3.63, 3.8) is 0 Å². The van der Waals surface area contributed by atoms with E-state index in [1.165, 1.54) is 31.5 Å². The molecular formula is C10H11MgNO3. The first-order valence-electron chi connectivity index (χ1n) is 3.93. The van der Waals surface area contributed by atoms with Gasteiger partial charge in [0, 0.05) is 18.0 Å². The van der Waals surface area contributed by atoms with Crippen molar-refractivity contribution in [3.05, 3.63) is 42.2 Å². The molecule has 0 saturated carbocycles. The van der Waals surface area contributed by atoms with E-state index in [0.717, 1.165) is 0 Å². The molecule has 0 fully saturated rings. The Morgan fingerprint density at radius 1 is 1.40 bits per heavy atom. The van der Waals surface area contributed by atoms with Gasteiger partial charge < -0.3 is 7.59 Å². The first-order valence-corrected chi connectivity index (χ1v) is 3.93. The van der Waals surface area contributed by atoms with Crippen molar-refractivity contribution < 1.29 is 17.2 Å². The second kappa shape index (κ2) is 6.31. The van der Waals surface area contributed by atoms with Gasteiger partial charge in [-0.15, -0.1) is 0 Å². The van der Waals surface area contributed by atoms with Gasteiger partial charge in [-0.25, -0.2) is 9.59 Å². The zero-order valence-corrected chi connectivity index (χ0v) is 9.81. The van der Waals surface area contributed by atoms with Crippen LogP contribution in [0.2, 0.25) is 0 Å². The Balaban J connectivity index is -0.000000653. The fourth-order valence-corrected chi connectivity index (χ4v) is 0.718. The molecule has 76 valence electrons. The van der Waals surface area contributed by atoms with Crippen LogP contribution in [0.3, 0.4) is 0 Å². The van der Waals surface area contributed by atoms with Gasteiger partial charge in [-0.1, -0.05) is 6.58 Å². The van der Waals surface area contributed by atoms with Crippen LogP contribution in [0, 0.1) is 0 Å². The standard InChI is InChI=1S/C10H9NO3.Mg.2H/c1-7(2)9(12)14-10(13)8-3-5-11-6-4-8;;;/h3-6H,1H2,2H3;;;/q;+2;2*-1. The summed E-state index contributed by atoms with van der Waals surface area (Å²) >= 11 is 0. The van der Waals surface area contributed by atoms with Crippen molar-refractivity contribution in [2.45, 2.75) is 6.92 Å². The predicted molar refractivity (Wildman–Crippen MR) is 57.5 cm³/mol. The number of hydrogen-bond donors (Lipinski definition) is 0. The molecule has 1 aromatic heterocycles. The molecule has 4 nitrogen and oxygen atoms in total. The van der Waals surface area contributed by atoms with Crippen LogP contribution in [0.15, 0.2) is 36.7 Å². The summed E-state index contributed by atoms with van der Waals surface area (Å²) < 4.78 is 4.49. The van der Waals surface area contributed by atoms with Crippen LogP contribution >= 0.6 is 0 Å². The van der Waals surface area contributed by atoms with E-state index in [4.69, 9.17) is 0 Å². The third-order valence-corrected chi connectivity index (χ3v) is 1.45. The molecule has 1 rings (SSSR count). The maximum absolute atomic E-state index is 11.2. The molecule has 15 heavy (non-hydrogen) atoms. The predicted octanol–water partition coefficient (Wildman–Crippen LogP) is 1.19. The molecule has 0 saturated heterocycles. The fourth-order valence-electron chi connectivity index (χ4n) is 0.718. The van der Waals surface area contributed by atoms with E-state index >= 15 is 0 Å². The number of nitrogens with zero attached hydrogens (tertiary/aromatic N) is 1. The first kappa shape index (κ1) is 13.8. The largest absolute Gasteiger partial charge is 2.00 e. The molecule has 0 amide bonds. The van der Waals surface area contributed by atoms with Crippen molar-refractivity contribution in [1.29, 1.82) is 0 Å². The topological polar surface area (TPSA) is 56.3 Å². The molecule has 0 atom stereocenters. The normalized spacial score (nSPS) is 8.60. The number of carbonyl (C=O) groups excluding carboxylic acids is 2. The van der Waals surface area contributed by atoms with E-state index < -0.39 is 11.9 Å². The number of hydrogen-bond acceptors (Lipinski definition) is 4. The third kappa shape index (κ3) is 4.22. The third-order valence-electron chi connectivity index (χ3n) is 1.45. The number of rotatable bonds is 2. The van der Waals surface area contributed by atoms with Crippen LogP contribution in [0.25, 0.3) is 0 Å². The minimum Gasteiger partial charge on any atom is -1.00 e. The smallest absolute Gasteiger partial charge is 1.00 e. The molecule has 0 aromatic carbocycles. The van der Waals surface area contributed by atoms with Crippen LogP contribution in [0.4, 0.5) is 0 Å². The molecule has 5 heteroatoms. The Hall–Kier alpha value is -1.20. The van der Waals surface area contributed by atoms with Gasteiger partial charge in [0.2, 0.25) is 0 Å². The van der Waals surface area contributed by atoms with E-state index in [9.17, 15) is 9.59 Å². The van der Waals surface area contributed by atoms with Gasteiger partial charge in [0.25, 0.3) is 0 Å². The molecule has 1 aromatic rings. The average Bonchev–Trinajstić information content (AvgIpc) is 2.19. The number of ether oxygens (including phenoxy) is 1. The summed E-state index contributed by atoms with van der Waals surface area (Å²) in [6.45, 7) is 4.84. The van der Waals surface area contributed by atoms with Gasteiger partial charge in [-0.05, 0) is 19.1 Å². The molecule has 0 aliphatic carbocycles. The minimum atomic E-state index is -0.716. The average molecular weight is 218 g/mol. The van der Waals surface area contributed by atoms with Gasteiger partial charge in [0.05, 0.1) is 5.56 Å². The maximum atomic E-state index is 11.2. The van der Waals surface area contributed by atoms with Crippen molar-refractivity contribution in [2.24, 2.45) is 0 Å². The van der Waals surface area contributed by atoms with Crippen LogP contribution in [0.1, 0.15) is 20.1 Å². The number of esters is 2. The Morgan fingerprint density at radius 3 is 2.40 bits per heavy atom. The quantitative estimate of drug-likeness (QED) is 0.323. The summed E-state index contributed by atoms with van der Waals surface area (Å²) in [5.74, 6) is -1.41. The SMILES string of the molecule is C=C(C)C(=O)OC(=O)c1ccncc1.[H-].[H-].[Mg+2]. The monoisotopic (exact) mass is 217 g/mol. The Bertz CT molecular complexity index is 384. The molecule has 0 unspecified atom stereocenters. The molecule has 1 heterocycles. The van der Waals surface area contributed by atoms with Crippen LogP contribution in [0.5, 0.6) is 0 Å². The van der Waals surface area contributed by atoms with Crippen molar-refractivity contribution >= 4 is 35.0 Å². The van der Waals surface area contributed by atoms with Gasteiger partial charge in [-0.3, -0.25) is 4.98 Å². The van der Waals surface area contributed by atoms with Gasteiger partial charge >= 0.3 is 35.0 Å². The molecule has 0 aliphatic rings. The van der Waals surface area contributed by atoms with Gasteiger partial charge in [-0.2, -0.15) is 0 Å². The summed E-state index contributed by atoms with van der Waals surface area (Å²) in [5.41, 5.74) is 0.474. The van der Waals surface area contributed by atoms with E-state index in [-0.39, 0.29) is 37.0 Å². The molecule has 0 N–H and O–H groups in total. The zero-order chi connectivity index (χ0) is 10.6. The summed E-state index contributed by atoms with van der Waals surface area (Å²) in [5, 5.41) is 0. The maximum Gasteiger partial charge on any atom is 2.00 e. The molecule has 0 bridgehead atoms. The second-order valence-corrected chi connectivity index (χ2v) is 2.69.